The Bertz CT molecular complexity index is 790. The molecule has 1 aromatic carbocycles. The molecule has 0 atom stereocenters. The van der Waals surface area contributed by atoms with Gasteiger partial charge in [0.25, 0.3) is 11.6 Å². The van der Waals surface area contributed by atoms with Crippen LogP contribution in [0.5, 0.6) is 0 Å². The molecule has 0 aliphatic rings. The largest absolute Gasteiger partial charge is 0.459 e. The summed E-state index contributed by atoms with van der Waals surface area (Å²) >= 11 is 4.81. The maximum Gasteiger partial charge on any atom is 0.416 e. The van der Waals surface area contributed by atoms with Crippen molar-refractivity contribution in [1.82, 2.24) is 5.32 Å². The minimum Gasteiger partial charge on any atom is -0.459 e. The van der Waals surface area contributed by atoms with Crippen molar-refractivity contribution in [2.24, 2.45) is 0 Å². The van der Waals surface area contributed by atoms with Gasteiger partial charge in [0, 0.05) is 6.07 Å². The molecular weight excluding hydrogens is 351 g/mol. The SMILES string of the molecule is O=C(NC(=S)Nc1ccc(C(F)(F)F)cc1[N+](=O)[O-])c1ccco1. The maximum atomic E-state index is 12.6. The summed E-state index contributed by atoms with van der Waals surface area (Å²) in [6.45, 7) is 0. The summed E-state index contributed by atoms with van der Waals surface area (Å²) in [5.74, 6) is -0.770. The third-order valence-corrected chi connectivity index (χ3v) is 2.95. The minimum absolute atomic E-state index is 0.0546. The average molecular weight is 359 g/mol. The Kier molecular flexibility index (Phi) is 4.83. The van der Waals surface area contributed by atoms with Crippen molar-refractivity contribution in [3.63, 3.8) is 0 Å². The van der Waals surface area contributed by atoms with E-state index in [0.29, 0.717) is 12.1 Å². The third kappa shape index (κ3) is 4.07. The number of nitrogens with one attached hydrogen (secondary N) is 2. The Labute approximate surface area is 137 Å². The lowest BCUT2D eigenvalue weighted by atomic mass is 10.1. The van der Waals surface area contributed by atoms with Crippen LogP contribution in [0, 0.1) is 10.1 Å². The Hall–Kier alpha value is -2.95. The van der Waals surface area contributed by atoms with Crippen LogP contribution >= 0.6 is 12.2 Å². The molecule has 0 fully saturated rings. The van der Waals surface area contributed by atoms with Crippen molar-refractivity contribution >= 4 is 34.6 Å². The lowest BCUT2D eigenvalue weighted by molar-refractivity contribution is -0.384. The second kappa shape index (κ2) is 6.66. The lowest BCUT2D eigenvalue weighted by Gasteiger charge is -2.11. The maximum absolute atomic E-state index is 12.6. The highest BCUT2D eigenvalue weighted by atomic mass is 32.1. The Balaban J connectivity index is 2.18. The summed E-state index contributed by atoms with van der Waals surface area (Å²) in [5.41, 5.74) is -2.30. The van der Waals surface area contributed by atoms with Gasteiger partial charge in [0.1, 0.15) is 5.69 Å². The zero-order chi connectivity index (χ0) is 17.9. The van der Waals surface area contributed by atoms with Gasteiger partial charge >= 0.3 is 6.18 Å². The molecule has 0 aliphatic heterocycles. The summed E-state index contributed by atoms with van der Waals surface area (Å²) in [6, 6.07) is 4.71. The molecule has 0 spiro atoms. The highest BCUT2D eigenvalue weighted by Crippen LogP contribution is 2.34. The topological polar surface area (TPSA) is 97.4 Å². The van der Waals surface area contributed by atoms with Crippen molar-refractivity contribution in [2.45, 2.75) is 6.18 Å². The van der Waals surface area contributed by atoms with E-state index in [0.717, 1.165) is 6.07 Å². The van der Waals surface area contributed by atoms with E-state index in [9.17, 15) is 28.1 Å². The third-order valence-electron chi connectivity index (χ3n) is 2.74. The molecule has 0 saturated heterocycles. The average Bonchev–Trinajstić information content (AvgIpc) is 3.00. The minimum atomic E-state index is -4.72. The van der Waals surface area contributed by atoms with Crippen molar-refractivity contribution in [3.05, 3.63) is 58.0 Å². The molecule has 1 heterocycles. The number of hydrogen-bond donors (Lipinski definition) is 2. The van der Waals surface area contributed by atoms with E-state index in [1.54, 1.807) is 0 Å². The number of thiocarbonyl (C=S) groups is 1. The first-order chi connectivity index (χ1) is 11.2. The van der Waals surface area contributed by atoms with Gasteiger partial charge in [-0.1, -0.05) is 0 Å². The first-order valence-electron chi connectivity index (χ1n) is 6.20. The van der Waals surface area contributed by atoms with Crippen LogP contribution < -0.4 is 10.6 Å². The zero-order valence-electron chi connectivity index (χ0n) is 11.6. The first kappa shape index (κ1) is 17.4. The molecule has 0 radical (unpaired) electrons. The summed E-state index contributed by atoms with van der Waals surface area (Å²) < 4.78 is 42.7. The van der Waals surface area contributed by atoms with Crippen molar-refractivity contribution in [3.8, 4) is 0 Å². The predicted molar refractivity (Wildman–Crippen MR) is 80.5 cm³/mol. The number of hydrogen-bond acceptors (Lipinski definition) is 5. The number of nitro benzene ring substituents is 1. The van der Waals surface area contributed by atoms with E-state index in [2.05, 4.69) is 10.6 Å². The molecule has 0 aliphatic carbocycles. The summed E-state index contributed by atoms with van der Waals surface area (Å²) in [4.78, 5) is 21.6. The number of anilines is 1. The van der Waals surface area contributed by atoms with E-state index in [-0.39, 0.29) is 16.6 Å². The molecule has 0 saturated carbocycles. The first-order valence-corrected chi connectivity index (χ1v) is 6.61. The van der Waals surface area contributed by atoms with E-state index in [1.807, 2.05) is 0 Å². The van der Waals surface area contributed by atoms with E-state index in [1.165, 1.54) is 18.4 Å². The predicted octanol–water partition coefficient (Wildman–Crippen LogP) is 3.33. The van der Waals surface area contributed by atoms with Gasteiger partial charge in [0.05, 0.1) is 16.7 Å². The standard InChI is InChI=1S/C13H8F3N3O4S/c14-13(15,16)7-3-4-8(9(6-7)19(21)22)17-12(24)18-11(20)10-2-1-5-23-10/h1-6H,(H2,17,18,20,24). The number of nitro groups is 1. The fourth-order valence-electron chi connectivity index (χ4n) is 1.69. The smallest absolute Gasteiger partial charge is 0.416 e. The van der Waals surface area contributed by atoms with Crippen molar-refractivity contribution in [2.75, 3.05) is 5.32 Å². The molecule has 2 aromatic rings. The molecule has 2 N–H and O–H groups in total. The number of carbonyl (C=O) groups excluding carboxylic acids is 1. The number of amides is 1. The number of carbonyl (C=O) groups is 1. The molecule has 7 nitrogen and oxygen atoms in total. The van der Waals surface area contributed by atoms with Crippen LogP contribution in [0.25, 0.3) is 0 Å². The second-order valence-electron chi connectivity index (χ2n) is 4.37. The molecule has 1 aromatic heterocycles. The van der Waals surface area contributed by atoms with Gasteiger partial charge in [0.2, 0.25) is 0 Å². The molecular formula is C13H8F3N3O4S. The molecule has 0 unspecified atom stereocenters. The molecule has 11 heteroatoms. The van der Waals surface area contributed by atoms with Gasteiger partial charge in [-0.05, 0) is 36.5 Å². The quantitative estimate of drug-likeness (QED) is 0.496. The highest BCUT2D eigenvalue weighted by molar-refractivity contribution is 7.80. The van der Waals surface area contributed by atoms with Crippen LogP contribution in [0.15, 0.2) is 41.0 Å². The zero-order valence-corrected chi connectivity index (χ0v) is 12.4. The van der Waals surface area contributed by atoms with Gasteiger partial charge in [-0.3, -0.25) is 20.2 Å². The molecule has 24 heavy (non-hydrogen) atoms. The molecule has 0 bridgehead atoms. The second-order valence-corrected chi connectivity index (χ2v) is 4.78. The molecule has 2 rings (SSSR count). The van der Waals surface area contributed by atoms with Crippen LogP contribution in [0.2, 0.25) is 0 Å². The number of halogens is 3. The van der Waals surface area contributed by atoms with Gasteiger partial charge in [-0.25, -0.2) is 0 Å². The monoisotopic (exact) mass is 359 g/mol. The Morgan fingerprint density at radius 3 is 2.54 bits per heavy atom. The Morgan fingerprint density at radius 1 is 1.29 bits per heavy atom. The van der Waals surface area contributed by atoms with Crippen LogP contribution in [0.3, 0.4) is 0 Å². The van der Waals surface area contributed by atoms with Crippen molar-refractivity contribution in [1.29, 1.82) is 0 Å². The van der Waals surface area contributed by atoms with Gasteiger partial charge < -0.3 is 9.73 Å². The molecule has 1 amide bonds. The number of benzene rings is 1. The fourth-order valence-corrected chi connectivity index (χ4v) is 1.89. The number of furan rings is 1. The van der Waals surface area contributed by atoms with Crippen LogP contribution in [0.4, 0.5) is 24.5 Å². The van der Waals surface area contributed by atoms with E-state index >= 15 is 0 Å². The number of nitrogens with zero attached hydrogens (tertiary/aromatic N) is 1. The van der Waals surface area contributed by atoms with Crippen LogP contribution in [-0.4, -0.2) is 15.9 Å². The van der Waals surface area contributed by atoms with E-state index in [4.69, 9.17) is 16.6 Å². The number of rotatable bonds is 3. The van der Waals surface area contributed by atoms with Gasteiger partial charge in [-0.15, -0.1) is 0 Å². The van der Waals surface area contributed by atoms with Crippen molar-refractivity contribution < 1.29 is 27.3 Å². The normalized spacial score (nSPS) is 11.0. The summed E-state index contributed by atoms with van der Waals surface area (Å²) in [6.07, 6.45) is -3.47. The fraction of sp³-hybridized carbons (Fsp3) is 0.0769. The highest BCUT2D eigenvalue weighted by Gasteiger charge is 2.33. The van der Waals surface area contributed by atoms with E-state index < -0.39 is 28.3 Å². The van der Waals surface area contributed by atoms with Crippen LogP contribution in [-0.2, 0) is 6.18 Å². The molecule has 126 valence electrons. The van der Waals surface area contributed by atoms with Gasteiger partial charge in [-0.2, -0.15) is 13.2 Å². The summed E-state index contributed by atoms with van der Waals surface area (Å²) in [7, 11) is 0. The van der Waals surface area contributed by atoms with Crippen LogP contribution in [0.1, 0.15) is 16.1 Å². The number of alkyl halides is 3. The Morgan fingerprint density at radius 2 is 2.00 bits per heavy atom. The van der Waals surface area contributed by atoms with Gasteiger partial charge in [0.15, 0.2) is 10.9 Å². The lowest BCUT2D eigenvalue weighted by Crippen LogP contribution is -2.34. The summed E-state index contributed by atoms with van der Waals surface area (Å²) in [5, 5.41) is 15.1.